The summed E-state index contributed by atoms with van der Waals surface area (Å²) in [4.78, 5) is 13.9. The minimum atomic E-state index is -0.424. The van der Waals surface area contributed by atoms with Crippen molar-refractivity contribution in [2.45, 2.75) is 38.6 Å². The van der Waals surface area contributed by atoms with E-state index in [1.807, 2.05) is 12.1 Å². The average Bonchev–Trinajstić information content (AvgIpc) is 2.72. The summed E-state index contributed by atoms with van der Waals surface area (Å²) in [7, 11) is 0. The van der Waals surface area contributed by atoms with E-state index < -0.39 is 6.04 Å². The maximum atomic E-state index is 11.8. The molecule has 0 spiro atoms. The van der Waals surface area contributed by atoms with Crippen LogP contribution in [0.5, 0.6) is 0 Å². The van der Waals surface area contributed by atoms with Crippen LogP contribution < -0.4 is 5.32 Å². The second-order valence-electron chi connectivity index (χ2n) is 4.09. The Hall–Kier alpha value is -1.34. The number of aryl methyl sites for hydroxylation is 2. The average molecular weight is 234 g/mol. The third-order valence-corrected chi connectivity index (χ3v) is 4.00. The highest BCUT2D eigenvalue weighted by Gasteiger charge is 2.17. The molecule has 1 unspecified atom stereocenters. The van der Waals surface area contributed by atoms with Gasteiger partial charge in [-0.25, -0.2) is 0 Å². The van der Waals surface area contributed by atoms with Gasteiger partial charge in [0.05, 0.1) is 10.9 Å². The van der Waals surface area contributed by atoms with Gasteiger partial charge in [0.15, 0.2) is 0 Å². The third kappa shape index (κ3) is 2.25. The van der Waals surface area contributed by atoms with Crippen LogP contribution in [0.2, 0.25) is 0 Å². The lowest BCUT2D eigenvalue weighted by Gasteiger charge is -2.08. The number of hydrogen-bond acceptors (Lipinski definition) is 3. The molecule has 3 nitrogen and oxygen atoms in total. The van der Waals surface area contributed by atoms with Gasteiger partial charge in [-0.3, -0.25) is 4.79 Å². The van der Waals surface area contributed by atoms with Gasteiger partial charge in [-0.15, -0.1) is 11.3 Å². The third-order valence-electron chi connectivity index (χ3n) is 2.76. The van der Waals surface area contributed by atoms with Crippen LogP contribution in [0.15, 0.2) is 6.07 Å². The van der Waals surface area contributed by atoms with E-state index in [9.17, 15) is 4.79 Å². The zero-order chi connectivity index (χ0) is 11.5. The second-order valence-corrected chi connectivity index (χ2v) is 5.23. The van der Waals surface area contributed by atoms with Gasteiger partial charge in [0.2, 0.25) is 0 Å². The monoisotopic (exact) mass is 234 g/mol. The number of fused-ring (bicyclic) bond motifs is 1. The largest absolute Gasteiger partial charge is 0.336 e. The Labute approximate surface area is 99.1 Å². The first kappa shape index (κ1) is 11.2. The van der Waals surface area contributed by atoms with Crippen LogP contribution in [0.3, 0.4) is 0 Å². The van der Waals surface area contributed by atoms with Crippen LogP contribution in [0.4, 0.5) is 0 Å². The Morgan fingerprint density at radius 2 is 2.31 bits per heavy atom. The minimum absolute atomic E-state index is 0.117. The molecule has 1 aromatic rings. The molecule has 1 aliphatic carbocycles. The standard InChI is InChI=1S/C12H14N2OS/c1-8(7-13)14-12(15)11-6-9-4-2-3-5-10(9)16-11/h6,8H,2-5H2,1H3,(H,14,15). The zero-order valence-electron chi connectivity index (χ0n) is 9.25. The molecular formula is C12H14N2OS. The van der Waals surface area contributed by atoms with Crippen molar-refractivity contribution in [3.8, 4) is 6.07 Å². The van der Waals surface area contributed by atoms with E-state index in [0.717, 1.165) is 17.7 Å². The molecule has 16 heavy (non-hydrogen) atoms. The van der Waals surface area contributed by atoms with Gasteiger partial charge in [0.25, 0.3) is 5.91 Å². The zero-order valence-corrected chi connectivity index (χ0v) is 10.1. The van der Waals surface area contributed by atoms with Gasteiger partial charge in [-0.2, -0.15) is 5.26 Å². The van der Waals surface area contributed by atoms with E-state index in [1.165, 1.54) is 23.3 Å². The fourth-order valence-corrected chi connectivity index (χ4v) is 3.06. The first-order valence-electron chi connectivity index (χ1n) is 5.53. The fraction of sp³-hybridized carbons (Fsp3) is 0.500. The van der Waals surface area contributed by atoms with E-state index >= 15 is 0 Å². The molecule has 1 atom stereocenters. The maximum Gasteiger partial charge on any atom is 0.262 e. The Morgan fingerprint density at radius 3 is 3.00 bits per heavy atom. The van der Waals surface area contributed by atoms with E-state index in [0.29, 0.717) is 0 Å². The number of nitrogens with one attached hydrogen (secondary N) is 1. The number of nitriles is 1. The Kier molecular flexibility index (Phi) is 3.25. The summed E-state index contributed by atoms with van der Waals surface area (Å²) in [6.45, 7) is 1.69. The van der Waals surface area contributed by atoms with Gasteiger partial charge >= 0.3 is 0 Å². The molecule has 0 saturated carbocycles. The number of carbonyl (C=O) groups excluding carboxylic acids is 1. The lowest BCUT2D eigenvalue weighted by molar-refractivity contribution is 0.0952. The first-order valence-corrected chi connectivity index (χ1v) is 6.34. The highest BCUT2D eigenvalue weighted by atomic mass is 32.1. The molecule has 1 amide bonds. The highest BCUT2D eigenvalue weighted by Crippen LogP contribution is 2.29. The lowest BCUT2D eigenvalue weighted by atomic mass is 9.99. The predicted molar refractivity (Wildman–Crippen MR) is 63.5 cm³/mol. The first-order chi connectivity index (χ1) is 7.70. The normalized spacial score (nSPS) is 16.0. The van der Waals surface area contributed by atoms with Crippen molar-refractivity contribution in [1.82, 2.24) is 5.32 Å². The van der Waals surface area contributed by atoms with Crippen LogP contribution in [0, 0.1) is 11.3 Å². The predicted octanol–water partition coefficient (Wildman–Crippen LogP) is 2.27. The van der Waals surface area contributed by atoms with Crippen LogP contribution in [0.1, 0.15) is 39.9 Å². The smallest absolute Gasteiger partial charge is 0.262 e. The molecule has 4 heteroatoms. The van der Waals surface area contributed by atoms with Crippen LogP contribution >= 0.6 is 11.3 Å². The number of nitrogens with zero attached hydrogens (tertiary/aromatic N) is 1. The summed E-state index contributed by atoms with van der Waals surface area (Å²) in [5, 5.41) is 11.3. The number of thiophene rings is 1. The fourth-order valence-electron chi connectivity index (χ4n) is 1.90. The summed E-state index contributed by atoms with van der Waals surface area (Å²) >= 11 is 1.57. The molecule has 1 aliphatic rings. The van der Waals surface area contributed by atoms with Gasteiger partial charge in [-0.1, -0.05) is 0 Å². The number of hydrogen-bond donors (Lipinski definition) is 1. The highest BCUT2D eigenvalue weighted by molar-refractivity contribution is 7.14. The van der Waals surface area contributed by atoms with E-state index in [4.69, 9.17) is 5.26 Å². The van der Waals surface area contributed by atoms with Crippen LogP contribution in [-0.2, 0) is 12.8 Å². The molecule has 0 fully saturated rings. The van der Waals surface area contributed by atoms with Gasteiger partial charge in [-0.05, 0) is 44.2 Å². The van der Waals surface area contributed by atoms with E-state index in [-0.39, 0.29) is 5.91 Å². The molecule has 1 aromatic heterocycles. The van der Waals surface area contributed by atoms with E-state index in [2.05, 4.69) is 5.32 Å². The minimum Gasteiger partial charge on any atom is -0.336 e. The quantitative estimate of drug-likeness (QED) is 0.853. The maximum absolute atomic E-state index is 11.8. The topological polar surface area (TPSA) is 52.9 Å². The molecule has 0 aromatic carbocycles. The summed E-state index contributed by atoms with van der Waals surface area (Å²) in [6, 6.07) is 3.56. The Balaban J connectivity index is 2.12. The Bertz CT molecular complexity index is 421. The summed E-state index contributed by atoms with van der Waals surface area (Å²) in [5.74, 6) is -0.117. The molecule has 0 radical (unpaired) electrons. The van der Waals surface area contributed by atoms with Crippen molar-refractivity contribution in [3.63, 3.8) is 0 Å². The molecule has 0 aliphatic heterocycles. The summed E-state index contributed by atoms with van der Waals surface area (Å²) < 4.78 is 0. The Morgan fingerprint density at radius 1 is 1.56 bits per heavy atom. The molecule has 0 bridgehead atoms. The van der Waals surface area contributed by atoms with Crippen molar-refractivity contribution in [3.05, 3.63) is 21.4 Å². The van der Waals surface area contributed by atoms with E-state index in [1.54, 1.807) is 18.3 Å². The summed E-state index contributed by atoms with van der Waals surface area (Å²) in [5.41, 5.74) is 1.33. The lowest BCUT2D eigenvalue weighted by Crippen LogP contribution is -2.30. The molecule has 1 N–H and O–H groups in total. The second kappa shape index (κ2) is 4.67. The van der Waals surface area contributed by atoms with Crippen molar-refractivity contribution < 1.29 is 4.79 Å². The van der Waals surface area contributed by atoms with Crippen LogP contribution in [-0.4, -0.2) is 11.9 Å². The van der Waals surface area contributed by atoms with Gasteiger partial charge < -0.3 is 5.32 Å². The van der Waals surface area contributed by atoms with Crippen molar-refractivity contribution in [2.24, 2.45) is 0 Å². The molecule has 1 heterocycles. The SMILES string of the molecule is CC(C#N)NC(=O)c1cc2c(s1)CCCC2. The molecule has 0 saturated heterocycles. The van der Waals surface area contributed by atoms with Gasteiger partial charge in [0.1, 0.15) is 6.04 Å². The molecule has 84 valence electrons. The molecular weight excluding hydrogens is 220 g/mol. The molecule has 2 rings (SSSR count). The summed E-state index contributed by atoms with van der Waals surface area (Å²) in [6.07, 6.45) is 4.64. The number of carbonyl (C=O) groups is 1. The van der Waals surface area contributed by atoms with Crippen molar-refractivity contribution in [1.29, 1.82) is 5.26 Å². The van der Waals surface area contributed by atoms with Crippen LogP contribution in [0.25, 0.3) is 0 Å². The van der Waals surface area contributed by atoms with Gasteiger partial charge in [0, 0.05) is 4.88 Å². The van der Waals surface area contributed by atoms with Crippen molar-refractivity contribution >= 4 is 17.2 Å². The number of amides is 1. The van der Waals surface area contributed by atoms with Crippen molar-refractivity contribution in [2.75, 3.05) is 0 Å². The number of rotatable bonds is 2.